The predicted molar refractivity (Wildman–Crippen MR) is 130 cm³/mol. The van der Waals surface area contributed by atoms with Crippen LogP contribution < -0.4 is 24.2 Å². The van der Waals surface area contributed by atoms with Gasteiger partial charge in [-0.1, -0.05) is 18.2 Å². The van der Waals surface area contributed by atoms with Crippen molar-refractivity contribution < 1.29 is 36.2 Å². The Bertz CT molecular complexity index is 1340. The average Bonchev–Trinajstić information content (AvgIpc) is 2.86. The van der Waals surface area contributed by atoms with Gasteiger partial charge in [-0.15, -0.1) is 0 Å². The summed E-state index contributed by atoms with van der Waals surface area (Å²) in [7, 11) is 0.0507. The smallest absolute Gasteiger partial charge is 0.242 e. The quantitative estimate of drug-likeness (QED) is 0.421. The van der Waals surface area contributed by atoms with Gasteiger partial charge in [0.05, 0.1) is 38.0 Å². The molecule has 0 aliphatic heterocycles. The number of nitrogens with one attached hydrogen (secondary N) is 2. The minimum atomic E-state index is -4.12. The lowest BCUT2D eigenvalue weighted by atomic mass is 10.0. The van der Waals surface area contributed by atoms with Gasteiger partial charge < -0.3 is 19.5 Å². The molecule has 0 radical (unpaired) electrons. The number of amides is 1. The van der Waals surface area contributed by atoms with Crippen molar-refractivity contribution >= 4 is 21.6 Å². The van der Waals surface area contributed by atoms with Gasteiger partial charge in [0.1, 0.15) is 17.4 Å². The zero-order valence-electron chi connectivity index (χ0n) is 20.1. The van der Waals surface area contributed by atoms with Crippen LogP contribution in [0.25, 0.3) is 0 Å². The van der Waals surface area contributed by atoms with Crippen molar-refractivity contribution in [3.63, 3.8) is 0 Å². The van der Waals surface area contributed by atoms with Crippen molar-refractivity contribution in [1.29, 1.82) is 0 Å². The summed E-state index contributed by atoms with van der Waals surface area (Å²) in [4.78, 5) is 12.8. The van der Waals surface area contributed by atoms with Crippen molar-refractivity contribution in [2.45, 2.75) is 24.3 Å². The normalized spacial score (nSPS) is 12.1. The molecule has 0 heterocycles. The standard InChI is InChI=1S/C25H26F2N2O6S/c1-15(29-36(31,32)17-11-12-21(33-2)23(14-17)35-4)25(30)28-24-16(7-5-10-22(24)34-3)13-18-19(26)8-6-9-20(18)27/h5-12,14-15,29H,13H2,1-4H3,(H,28,30)/t15-/m1/s1. The second-order valence-electron chi connectivity index (χ2n) is 7.72. The highest BCUT2D eigenvalue weighted by atomic mass is 32.2. The average molecular weight is 521 g/mol. The van der Waals surface area contributed by atoms with Gasteiger partial charge in [-0.3, -0.25) is 4.79 Å². The molecule has 0 aliphatic carbocycles. The summed E-state index contributed by atoms with van der Waals surface area (Å²) < 4.78 is 72.1. The second kappa shape index (κ2) is 11.4. The highest BCUT2D eigenvalue weighted by molar-refractivity contribution is 7.89. The maximum absolute atomic E-state index is 14.2. The number of carbonyl (C=O) groups excluding carboxylic acids is 1. The molecule has 8 nitrogen and oxygen atoms in total. The maximum atomic E-state index is 14.2. The number of halogens is 2. The van der Waals surface area contributed by atoms with Crippen molar-refractivity contribution in [2.24, 2.45) is 0 Å². The molecule has 3 aromatic carbocycles. The number of sulfonamides is 1. The lowest BCUT2D eigenvalue weighted by Gasteiger charge is -2.19. The van der Waals surface area contributed by atoms with E-state index in [1.807, 2.05) is 0 Å². The van der Waals surface area contributed by atoms with E-state index in [2.05, 4.69) is 10.0 Å². The van der Waals surface area contributed by atoms with Gasteiger partial charge in [-0.05, 0) is 42.8 Å². The molecule has 2 N–H and O–H groups in total. The third-order valence-corrected chi connectivity index (χ3v) is 6.94. The van der Waals surface area contributed by atoms with Crippen LogP contribution in [0.4, 0.5) is 14.5 Å². The van der Waals surface area contributed by atoms with E-state index in [1.54, 1.807) is 18.2 Å². The Labute approximate surface area is 208 Å². The highest BCUT2D eigenvalue weighted by Gasteiger charge is 2.25. The molecule has 0 saturated heterocycles. The summed E-state index contributed by atoms with van der Waals surface area (Å²) in [6.07, 6.45) is -0.170. The fourth-order valence-corrected chi connectivity index (χ4v) is 4.71. The molecule has 11 heteroatoms. The van der Waals surface area contributed by atoms with Gasteiger partial charge in [-0.2, -0.15) is 4.72 Å². The molecule has 1 atom stereocenters. The Kier molecular flexibility index (Phi) is 8.49. The summed E-state index contributed by atoms with van der Waals surface area (Å²) in [6, 6.07) is 11.1. The first-order chi connectivity index (χ1) is 17.1. The Morgan fingerprint density at radius 2 is 1.50 bits per heavy atom. The number of hydrogen-bond donors (Lipinski definition) is 2. The number of carbonyl (C=O) groups is 1. The Morgan fingerprint density at radius 1 is 0.889 bits per heavy atom. The molecule has 0 aromatic heterocycles. The molecule has 0 spiro atoms. The minimum absolute atomic E-state index is 0.132. The first-order valence-corrected chi connectivity index (χ1v) is 12.2. The van der Waals surface area contributed by atoms with Gasteiger partial charge in [0.15, 0.2) is 11.5 Å². The number of ether oxygens (including phenoxy) is 3. The van der Waals surface area contributed by atoms with E-state index in [0.717, 1.165) is 12.1 Å². The van der Waals surface area contributed by atoms with Crippen LogP contribution in [0.1, 0.15) is 18.1 Å². The maximum Gasteiger partial charge on any atom is 0.242 e. The minimum Gasteiger partial charge on any atom is -0.495 e. The fourth-order valence-electron chi connectivity index (χ4n) is 3.50. The van der Waals surface area contributed by atoms with Crippen molar-refractivity contribution in [3.8, 4) is 17.2 Å². The molecule has 3 rings (SSSR count). The third-order valence-electron chi connectivity index (χ3n) is 5.40. The van der Waals surface area contributed by atoms with Gasteiger partial charge in [0.25, 0.3) is 0 Å². The molecule has 192 valence electrons. The monoisotopic (exact) mass is 520 g/mol. The van der Waals surface area contributed by atoms with Gasteiger partial charge in [0.2, 0.25) is 15.9 Å². The number of anilines is 1. The van der Waals surface area contributed by atoms with Crippen molar-refractivity contribution in [2.75, 3.05) is 26.6 Å². The number of methoxy groups -OCH3 is 3. The zero-order valence-corrected chi connectivity index (χ0v) is 20.9. The first kappa shape index (κ1) is 26.9. The van der Waals surface area contributed by atoms with E-state index in [4.69, 9.17) is 14.2 Å². The molecule has 1 amide bonds. The van der Waals surface area contributed by atoms with Gasteiger partial charge >= 0.3 is 0 Å². The number of para-hydroxylation sites is 1. The van der Waals surface area contributed by atoms with Crippen molar-refractivity contribution in [1.82, 2.24) is 4.72 Å². The molecule has 0 bridgehead atoms. The Balaban J connectivity index is 1.85. The van der Waals surface area contributed by atoms with Crippen LogP contribution in [0, 0.1) is 11.6 Å². The zero-order chi connectivity index (χ0) is 26.5. The Hall–Kier alpha value is -3.70. The van der Waals surface area contributed by atoms with Crippen LogP contribution in [0.5, 0.6) is 17.2 Å². The van der Waals surface area contributed by atoms with Crippen LogP contribution in [0.3, 0.4) is 0 Å². The molecule has 0 aliphatic rings. The fraction of sp³-hybridized carbons (Fsp3) is 0.240. The summed E-state index contributed by atoms with van der Waals surface area (Å²) in [5.41, 5.74) is 0.370. The van der Waals surface area contributed by atoms with Crippen LogP contribution in [-0.4, -0.2) is 41.7 Å². The number of hydrogen-bond acceptors (Lipinski definition) is 6. The molecule has 0 unspecified atom stereocenters. The van der Waals surface area contributed by atoms with Gasteiger partial charge in [-0.25, -0.2) is 17.2 Å². The van der Waals surface area contributed by atoms with Crippen LogP contribution >= 0.6 is 0 Å². The van der Waals surface area contributed by atoms with E-state index >= 15 is 0 Å². The Morgan fingerprint density at radius 3 is 2.11 bits per heavy atom. The predicted octanol–water partition coefficient (Wildman–Crippen LogP) is 3.89. The topological polar surface area (TPSA) is 103 Å². The van der Waals surface area contributed by atoms with E-state index in [0.29, 0.717) is 11.3 Å². The summed E-state index contributed by atoms with van der Waals surface area (Å²) >= 11 is 0. The van der Waals surface area contributed by atoms with E-state index in [-0.39, 0.29) is 34.1 Å². The van der Waals surface area contributed by atoms with Crippen LogP contribution in [-0.2, 0) is 21.2 Å². The highest BCUT2D eigenvalue weighted by Crippen LogP contribution is 2.32. The lowest BCUT2D eigenvalue weighted by Crippen LogP contribution is -2.41. The molecular formula is C25H26F2N2O6S. The van der Waals surface area contributed by atoms with E-state index in [1.165, 1.54) is 52.5 Å². The number of benzene rings is 3. The van der Waals surface area contributed by atoms with Crippen LogP contribution in [0.2, 0.25) is 0 Å². The van der Waals surface area contributed by atoms with Crippen molar-refractivity contribution in [3.05, 3.63) is 77.4 Å². The molecule has 0 fully saturated rings. The van der Waals surface area contributed by atoms with Gasteiger partial charge in [0, 0.05) is 18.1 Å². The molecular weight excluding hydrogens is 494 g/mol. The largest absolute Gasteiger partial charge is 0.495 e. The van der Waals surface area contributed by atoms with E-state index < -0.39 is 33.6 Å². The second-order valence-corrected chi connectivity index (χ2v) is 9.43. The van der Waals surface area contributed by atoms with Crippen LogP contribution in [0.15, 0.2) is 59.5 Å². The number of rotatable bonds is 10. The third kappa shape index (κ3) is 5.92. The van der Waals surface area contributed by atoms with E-state index in [9.17, 15) is 22.0 Å². The molecule has 0 saturated carbocycles. The summed E-state index contributed by atoms with van der Waals surface area (Å²) in [5, 5.41) is 2.62. The molecule has 3 aromatic rings. The SMILES string of the molecule is COc1ccc(S(=O)(=O)N[C@H](C)C(=O)Nc2c(Cc3c(F)cccc3F)cccc2OC)cc1OC. The molecule has 36 heavy (non-hydrogen) atoms. The summed E-state index contributed by atoms with van der Waals surface area (Å²) in [6.45, 7) is 1.36. The first-order valence-electron chi connectivity index (χ1n) is 10.7. The summed E-state index contributed by atoms with van der Waals surface area (Å²) in [5.74, 6) is -1.38. The lowest BCUT2D eigenvalue weighted by molar-refractivity contribution is -0.117.